The summed E-state index contributed by atoms with van der Waals surface area (Å²) in [5.41, 5.74) is 2.84. The molecule has 3 aromatic rings. The molecular formula is C23H24ClN3O. The lowest BCUT2D eigenvalue weighted by molar-refractivity contribution is -0.115. The highest BCUT2D eigenvalue weighted by atomic mass is 35.5. The Morgan fingerprint density at radius 3 is 2.32 bits per heavy atom. The molecule has 1 heterocycles. The van der Waals surface area contributed by atoms with Crippen LogP contribution in [0.15, 0.2) is 72.9 Å². The molecule has 4 nitrogen and oxygen atoms in total. The van der Waals surface area contributed by atoms with Crippen LogP contribution in [-0.2, 0) is 17.8 Å². The largest absolute Gasteiger partial charge is 0.350 e. The highest BCUT2D eigenvalue weighted by Crippen LogP contribution is 2.20. The first kappa shape index (κ1) is 19.9. The van der Waals surface area contributed by atoms with Crippen LogP contribution < -0.4 is 10.2 Å². The van der Waals surface area contributed by atoms with Crippen molar-refractivity contribution in [3.8, 4) is 0 Å². The maximum Gasteiger partial charge on any atom is 0.228 e. The Bertz CT molecular complexity index is 893. The second kappa shape index (κ2) is 9.38. The maximum absolute atomic E-state index is 12.3. The fraction of sp³-hybridized carbons (Fsp3) is 0.217. The number of pyridine rings is 1. The molecule has 144 valence electrons. The summed E-state index contributed by atoms with van der Waals surface area (Å²) in [7, 11) is 0. The van der Waals surface area contributed by atoms with E-state index in [9.17, 15) is 4.79 Å². The van der Waals surface area contributed by atoms with Crippen LogP contribution in [0.4, 0.5) is 11.5 Å². The van der Waals surface area contributed by atoms with Gasteiger partial charge in [0.2, 0.25) is 5.91 Å². The number of anilines is 2. The quantitative estimate of drug-likeness (QED) is 0.590. The Balaban J connectivity index is 1.64. The molecule has 0 fully saturated rings. The topological polar surface area (TPSA) is 45.2 Å². The van der Waals surface area contributed by atoms with Crippen LogP contribution in [-0.4, -0.2) is 16.9 Å². The van der Waals surface area contributed by atoms with Crippen molar-refractivity contribution >= 4 is 29.0 Å². The summed E-state index contributed by atoms with van der Waals surface area (Å²) < 4.78 is 0. The number of nitrogens with zero attached hydrogens (tertiary/aromatic N) is 2. The SMILES string of the molecule is CC(C)N(Cc1ccccc1)c1ccc(NC(=O)Cc2ccc(Cl)cc2)cn1. The summed E-state index contributed by atoms with van der Waals surface area (Å²) in [6.07, 6.45) is 2.00. The van der Waals surface area contributed by atoms with Crippen LogP contribution in [0.25, 0.3) is 0 Å². The molecule has 0 aliphatic rings. The second-order valence-corrected chi connectivity index (χ2v) is 7.40. The number of halogens is 1. The minimum absolute atomic E-state index is 0.0816. The predicted octanol–water partition coefficient (Wildman–Crippen LogP) is 5.33. The van der Waals surface area contributed by atoms with Gasteiger partial charge in [-0.2, -0.15) is 0 Å². The molecule has 1 N–H and O–H groups in total. The highest BCUT2D eigenvalue weighted by Gasteiger charge is 2.13. The first-order chi connectivity index (χ1) is 13.5. The smallest absolute Gasteiger partial charge is 0.228 e. The van der Waals surface area contributed by atoms with E-state index >= 15 is 0 Å². The number of benzene rings is 2. The Morgan fingerprint density at radius 2 is 1.71 bits per heavy atom. The van der Waals surface area contributed by atoms with Crippen molar-refractivity contribution < 1.29 is 4.79 Å². The van der Waals surface area contributed by atoms with E-state index < -0.39 is 0 Å². The van der Waals surface area contributed by atoms with Gasteiger partial charge in [-0.1, -0.05) is 54.1 Å². The van der Waals surface area contributed by atoms with E-state index in [0.29, 0.717) is 23.2 Å². The number of aromatic nitrogens is 1. The van der Waals surface area contributed by atoms with Gasteiger partial charge < -0.3 is 10.2 Å². The molecule has 1 aromatic heterocycles. The summed E-state index contributed by atoms with van der Waals surface area (Å²) in [5.74, 6) is 0.802. The lowest BCUT2D eigenvalue weighted by atomic mass is 10.1. The second-order valence-electron chi connectivity index (χ2n) is 6.96. The van der Waals surface area contributed by atoms with Gasteiger partial charge in [-0.05, 0) is 49.2 Å². The van der Waals surface area contributed by atoms with Gasteiger partial charge in [0.1, 0.15) is 5.82 Å². The van der Waals surface area contributed by atoms with E-state index in [-0.39, 0.29) is 5.91 Å². The zero-order valence-electron chi connectivity index (χ0n) is 16.1. The molecule has 1 amide bonds. The van der Waals surface area contributed by atoms with E-state index in [0.717, 1.165) is 17.9 Å². The molecule has 0 aliphatic heterocycles. The Morgan fingerprint density at radius 1 is 1.00 bits per heavy atom. The molecule has 0 atom stereocenters. The number of rotatable bonds is 7. The van der Waals surface area contributed by atoms with Crippen molar-refractivity contribution in [2.75, 3.05) is 10.2 Å². The van der Waals surface area contributed by atoms with Gasteiger partial charge in [0.05, 0.1) is 18.3 Å². The Labute approximate surface area is 171 Å². The van der Waals surface area contributed by atoms with E-state index in [1.807, 2.05) is 42.5 Å². The number of nitrogens with one attached hydrogen (secondary N) is 1. The minimum atomic E-state index is -0.0816. The van der Waals surface area contributed by atoms with Crippen molar-refractivity contribution in [3.63, 3.8) is 0 Å². The Hall–Kier alpha value is -2.85. The first-order valence-corrected chi connectivity index (χ1v) is 9.70. The van der Waals surface area contributed by atoms with E-state index in [1.54, 1.807) is 18.3 Å². The number of carbonyl (C=O) groups is 1. The zero-order chi connectivity index (χ0) is 19.9. The molecule has 0 spiro atoms. The van der Waals surface area contributed by atoms with E-state index in [2.05, 4.69) is 41.2 Å². The molecular weight excluding hydrogens is 370 g/mol. The molecule has 3 rings (SSSR count). The molecule has 0 saturated heterocycles. The highest BCUT2D eigenvalue weighted by molar-refractivity contribution is 6.30. The normalized spacial score (nSPS) is 10.7. The fourth-order valence-electron chi connectivity index (χ4n) is 2.93. The molecule has 5 heteroatoms. The van der Waals surface area contributed by atoms with Gasteiger partial charge >= 0.3 is 0 Å². The third-order valence-electron chi connectivity index (χ3n) is 4.42. The van der Waals surface area contributed by atoms with Crippen LogP contribution in [0, 0.1) is 0 Å². The van der Waals surface area contributed by atoms with Crippen LogP contribution in [0.2, 0.25) is 5.02 Å². The summed E-state index contributed by atoms with van der Waals surface area (Å²) in [5, 5.41) is 3.56. The third kappa shape index (κ3) is 5.57. The molecule has 28 heavy (non-hydrogen) atoms. The molecule has 0 aliphatic carbocycles. The number of hydrogen-bond acceptors (Lipinski definition) is 3. The van der Waals surface area contributed by atoms with Crippen LogP contribution >= 0.6 is 11.6 Å². The maximum atomic E-state index is 12.3. The molecule has 0 bridgehead atoms. The van der Waals surface area contributed by atoms with Gasteiger partial charge in [-0.25, -0.2) is 4.98 Å². The van der Waals surface area contributed by atoms with Crippen molar-refractivity contribution in [2.24, 2.45) is 0 Å². The van der Waals surface area contributed by atoms with Crippen LogP contribution in [0.3, 0.4) is 0 Å². The third-order valence-corrected chi connectivity index (χ3v) is 4.67. The van der Waals surface area contributed by atoms with Crippen LogP contribution in [0.5, 0.6) is 0 Å². The van der Waals surface area contributed by atoms with Crippen molar-refractivity contribution in [1.82, 2.24) is 4.98 Å². The van der Waals surface area contributed by atoms with Gasteiger partial charge in [0.15, 0.2) is 0 Å². The Kier molecular flexibility index (Phi) is 6.66. The fourth-order valence-corrected chi connectivity index (χ4v) is 3.06. The summed E-state index contributed by atoms with van der Waals surface area (Å²) in [4.78, 5) is 19.0. The monoisotopic (exact) mass is 393 g/mol. The van der Waals surface area contributed by atoms with E-state index in [1.165, 1.54) is 5.56 Å². The van der Waals surface area contributed by atoms with Crippen molar-refractivity contribution in [1.29, 1.82) is 0 Å². The van der Waals surface area contributed by atoms with Crippen molar-refractivity contribution in [3.05, 3.63) is 89.1 Å². The van der Waals surface area contributed by atoms with Gasteiger partial charge in [-0.15, -0.1) is 0 Å². The van der Waals surface area contributed by atoms with Gasteiger partial charge in [0.25, 0.3) is 0 Å². The molecule has 0 saturated carbocycles. The van der Waals surface area contributed by atoms with E-state index in [4.69, 9.17) is 11.6 Å². The number of amides is 1. The average molecular weight is 394 g/mol. The summed E-state index contributed by atoms with van der Waals surface area (Å²) >= 11 is 5.88. The lowest BCUT2D eigenvalue weighted by Crippen LogP contribution is -2.30. The predicted molar refractivity (Wildman–Crippen MR) is 116 cm³/mol. The summed E-state index contributed by atoms with van der Waals surface area (Å²) in [6.45, 7) is 5.08. The molecule has 2 aromatic carbocycles. The molecule has 0 radical (unpaired) electrons. The number of carbonyl (C=O) groups excluding carboxylic acids is 1. The summed E-state index contributed by atoms with van der Waals surface area (Å²) in [6, 6.07) is 21.7. The van der Waals surface area contributed by atoms with Crippen LogP contribution in [0.1, 0.15) is 25.0 Å². The lowest BCUT2D eigenvalue weighted by Gasteiger charge is -2.28. The van der Waals surface area contributed by atoms with Crippen molar-refractivity contribution in [2.45, 2.75) is 32.9 Å². The zero-order valence-corrected chi connectivity index (χ0v) is 16.9. The molecule has 0 unspecified atom stereocenters. The average Bonchev–Trinajstić information content (AvgIpc) is 2.69. The van der Waals surface area contributed by atoms with Gasteiger partial charge in [0, 0.05) is 17.6 Å². The standard InChI is InChI=1S/C23H24ClN3O/c1-17(2)27(16-19-6-4-3-5-7-19)22-13-12-21(15-25-22)26-23(28)14-18-8-10-20(24)11-9-18/h3-13,15,17H,14,16H2,1-2H3,(H,26,28). The first-order valence-electron chi connectivity index (χ1n) is 9.32. The minimum Gasteiger partial charge on any atom is -0.350 e. The number of hydrogen-bond donors (Lipinski definition) is 1. The van der Waals surface area contributed by atoms with Gasteiger partial charge in [-0.3, -0.25) is 4.79 Å².